The average Bonchev–Trinajstić information content (AvgIpc) is 2.57. The summed E-state index contributed by atoms with van der Waals surface area (Å²) in [5, 5.41) is 3.51. The molecule has 15 heavy (non-hydrogen) atoms. The number of aliphatic imine (C=N–C) groups is 1. The first-order chi connectivity index (χ1) is 6.58. The van der Waals surface area contributed by atoms with E-state index in [1.807, 2.05) is 0 Å². The van der Waals surface area contributed by atoms with E-state index in [0.29, 0.717) is 23.9 Å². The maximum atomic E-state index is 4.71. The van der Waals surface area contributed by atoms with Gasteiger partial charge in [-0.1, -0.05) is 27.7 Å². The van der Waals surface area contributed by atoms with Gasteiger partial charge in [-0.3, -0.25) is 0 Å². The highest BCUT2D eigenvalue weighted by Gasteiger charge is 2.35. The Labute approximate surface area is 110 Å². The van der Waals surface area contributed by atoms with E-state index in [4.69, 9.17) is 4.99 Å². The fraction of sp³-hybridized carbons (Fsp3) is 0.909. The zero-order valence-corrected chi connectivity index (χ0v) is 12.4. The topological polar surface area (TPSA) is 27.6 Å². The van der Waals surface area contributed by atoms with Crippen molar-refractivity contribution in [1.29, 1.82) is 0 Å². The summed E-state index contributed by atoms with van der Waals surface area (Å²) in [7, 11) is 0. The van der Waals surface area contributed by atoms with E-state index in [-0.39, 0.29) is 24.0 Å². The van der Waals surface area contributed by atoms with Crippen LogP contribution in [0.25, 0.3) is 0 Å². The monoisotopic (exact) mass is 323 g/mol. The molecule has 0 radical (unpaired) electrons. The summed E-state index contributed by atoms with van der Waals surface area (Å²) in [5.74, 6) is 2.50. The molecule has 0 aliphatic carbocycles. The molecule has 0 spiro atoms. The minimum Gasteiger partial charge on any atom is -0.351 e. The first kappa shape index (κ1) is 13.1. The highest BCUT2D eigenvalue weighted by Crippen LogP contribution is 2.21. The maximum absolute atomic E-state index is 4.71. The van der Waals surface area contributed by atoms with Gasteiger partial charge in [-0.25, -0.2) is 4.99 Å². The van der Waals surface area contributed by atoms with Gasteiger partial charge < -0.3 is 10.2 Å². The van der Waals surface area contributed by atoms with Crippen molar-refractivity contribution in [3.63, 3.8) is 0 Å². The molecule has 88 valence electrons. The summed E-state index contributed by atoms with van der Waals surface area (Å²) < 4.78 is 0. The molecule has 1 saturated heterocycles. The van der Waals surface area contributed by atoms with Crippen molar-refractivity contribution in [2.24, 2.45) is 16.8 Å². The summed E-state index contributed by atoms with van der Waals surface area (Å²) in [5.41, 5.74) is 0. The predicted molar refractivity (Wildman–Crippen MR) is 74.8 cm³/mol. The van der Waals surface area contributed by atoms with Crippen LogP contribution in [0.5, 0.6) is 0 Å². The molecule has 4 heteroatoms. The lowest BCUT2D eigenvalue weighted by Crippen LogP contribution is -2.32. The Bertz CT molecular complexity index is 250. The van der Waals surface area contributed by atoms with Crippen molar-refractivity contribution in [1.82, 2.24) is 10.2 Å². The zero-order chi connectivity index (χ0) is 10.3. The van der Waals surface area contributed by atoms with Crippen molar-refractivity contribution in [3.05, 3.63) is 0 Å². The molecule has 0 aromatic heterocycles. The Morgan fingerprint density at radius 1 is 1.20 bits per heavy atom. The molecule has 2 aliphatic heterocycles. The average molecular weight is 323 g/mol. The standard InChI is InChI=1S/C11H21N3.HI/c1-7(2)9-5-14-6-10(8(3)4)13-11(14)12-9;/h7-10H,5-6H2,1-4H3,(H,12,13);1H/t9-,10-;/m1./s1. The number of fused-ring (bicyclic) bond motifs is 1. The van der Waals surface area contributed by atoms with Gasteiger partial charge in [0, 0.05) is 19.1 Å². The highest BCUT2D eigenvalue weighted by molar-refractivity contribution is 14.0. The minimum absolute atomic E-state index is 0. The molecular formula is C11H22IN3. The van der Waals surface area contributed by atoms with E-state index in [2.05, 4.69) is 37.9 Å². The first-order valence-electron chi connectivity index (χ1n) is 5.67. The molecule has 2 heterocycles. The number of nitrogens with zero attached hydrogens (tertiary/aromatic N) is 2. The minimum atomic E-state index is 0. The number of halogens is 1. The third-order valence-electron chi connectivity index (χ3n) is 3.30. The van der Waals surface area contributed by atoms with Crippen LogP contribution >= 0.6 is 24.0 Å². The van der Waals surface area contributed by atoms with Crippen LogP contribution in [0.2, 0.25) is 0 Å². The van der Waals surface area contributed by atoms with E-state index in [9.17, 15) is 0 Å². The molecule has 1 fully saturated rings. The van der Waals surface area contributed by atoms with Gasteiger partial charge >= 0.3 is 0 Å². The van der Waals surface area contributed by atoms with Gasteiger partial charge in [0.15, 0.2) is 5.96 Å². The Balaban J connectivity index is 0.00000112. The quantitative estimate of drug-likeness (QED) is 0.787. The number of rotatable bonds is 2. The van der Waals surface area contributed by atoms with Crippen LogP contribution in [-0.2, 0) is 0 Å². The van der Waals surface area contributed by atoms with Crippen LogP contribution < -0.4 is 5.32 Å². The van der Waals surface area contributed by atoms with E-state index >= 15 is 0 Å². The fourth-order valence-electron chi connectivity index (χ4n) is 2.07. The molecule has 1 N–H and O–H groups in total. The smallest absolute Gasteiger partial charge is 0.194 e. The second-order valence-electron chi connectivity index (χ2n) is 5.16. The van der Waals surface area contributed by atoms with Crippen molar-refractivity contribution in [2.45, 2.75) is 39.8 Å². The summed E-state index contributed by atoms with van der Waals surface area (Å²) in [6.07, 6.45) is 0. The fourth-order valence-corrected chi connectivity index (χ4v) is 2.07. The second kappa shape index (κ2) is 4.89. The summed E-state index contributed by atoms with van der Waals surface area (Å²) in [6, 6.07) is 1.10. The molecule has 2 aliphatic rings. The van der Waals surface area contributed by atoms with Gasteiger partial charge in [-0.2, -0.15) is 0 Å². The van der Waals surface area contributed by atoms with E-state index < -0.39 is 0 Å². The third kappa shape index (κ3) is 2.57. The Kier molecular flexibility index (Phi) is 4.26. The van der Waals surface area contributed by atoms with Crippen LogP contribution in [-0.4, -0.2) is 36.0 Å². The van der Waals surface area contributed by atoms with Crippen LogP contribution in [0.15, 0.2) is 4.99 Å². The molecule has 0 bridgehead atoms. The van der Waals surface area contributed by atoms with Crippen LogP contribution in [0, 0.1) is 11.8 Å². The summed E-state index contributed by atoms with van der Waals surface area (Å²) >= 11 is 0. The lowest BCUT2D eigenvalue weighted by molar-refractivity contribution is 0.357. The number of hydrogen-bond donors (Lipinski definition) is 1. The molecule has 0 unspecified atom stereocenters. The molecular weight excluding hydrogens is 301 g/mol. The number of hydrogen-bond acceptors (Lipinski definition) is 3. The summed E-state index contributed by atoms with van der Waals surface area (Å²) in [6.45, 7) is 11.3. The van der Waals surface area contributed by atoms with E-state index in [0.717, 1.165) is 19.0 Å². The molecule has 2 rings (SSSR count). The summed E-state index contributed by atoms with van der Waals surface area (Å²) in [4.78, 5) is 7.11. The normalized spacial score (nSPS) is 28.9. The van der Waals surface area contributed by atoms with Crippen molar-refractivity contribution in [2.75, 3.05) is 13.1 Å². The third-order valence-corrected chi connectivity index (χ3v) is 3.30. The Morgan fingerprint density at radius 2 is 1.87 bits per heavy atom. The Hall–Kier alpha value is 0. The first-order valence-corrected chi connectivity index (χ1v) is 5.67. The molecule has 2 atom stereocenters. The van der Waals surface area contributed by atoms with Gasteiger partial charge in [0.05, 0.1) is 6.04 Å². The van der Waals surface area contributed by atoms with E-state index in [1.165, 1.54) is 0 Å². The molecule has 0 saturated carbocycles. The van der Waals surface area contributed by atoms with Crippen LogP contribution in [0.1, 0.15) is 27.7 Å². The van der Waals surface area contributed by atoms with Crippen molar-refractivity contribution in [3.8, 4) is 0 Å². The van der Waals surface area contributed by atoms with Crippen molar-refractivity contribution >= 4 is 29.9 Å². The highest BCUT2D eigenvalue weighted by atomic mass is 127. The predicted octanol–water partition coefficient (Wildman–Crippen LogP) is 1.93. The van der Waals surface area contributed by atoms with Gasteiger partial charge in [-0.05, 0) is 11.8 Å². The van der Waals surface area contributed by atoms with Crippen LogP contribution in [0.3, 0.4) is 0 Å². The van der Waals surface area contributed by atoms with E-state index in [1.54, 1.807) is 0 Å². The van der Waals surface area contributed by atoms with Gasteiger partial charge in [-0.15, -0.1) is 24.0 Å². The SMILES string of the molecule is CC(C)[C@H]1CN2C[C@H](C(C)C)NC2=N1.I. The molecule has 0 aromatic rings. The second-order valence-corrected chi connectivity index (χ2v) is 5.16. The molecule has 0 aromatic carbocycles. The van der Waals surface area contributed by atoms with Crippen molar-refractivity contribution < 1.29 is 0 Å². The van der Waals surface area contributed by atoms with Gasteiger partial charge in [0.1, 0.15) is 0 Å². The molecule has 3 nitrogen and oxygen atoms in total. The number of guanidine groups is 1. The largest absolute Gasteiger partial charge is 0.351 e. The zero-order valence-electron chi connectivity index (χ0n) is 10.0. The Morgan fingerprint density at radius 3 is 2.33 bits per heavy atom. The molecule has 0 amide bonds. The van der Waals surface area contributed by atoms with Gasteiger partial charge in [0.25, 0.3) is 0 Å². The van der Waals surface area contributed by atoms with Gasteiger partial charge in [0.2, 0.25) is 0 Å². The van der Waals surface area contributed by atoms with Crippen LogP contribution in [0.4, 0.5) is 0 Å². The lowest BCUT2D eigenvalue weighted by atomic mass is 10.0. The lowest BCUT2D eigenvalue weighted by Gasteiger charge is -2.18. The maximum Gasteiger partial charge on any atom is 0.194 e. The number of nitrogens with one attached hydrogen (secondary N) is 1.